The minimum absolute atomic E-state index is 0.108. The second-order valence-electron chi connectivity index (χ2n) is 10.8. The maximum atomic E-state index is 12.3. The molecule has 2 aliphatic rings. The Hall–Kier alpha value is -3.93. The number of aromatic nitrogens is 3. The molecule has 5 heterocycles. The van der Waals surface area contributed by atoms with Crippen LogP contribution in [0.2, 0.25) is 0 Å². The molecular weight excluding hydrogens is 540 g/mol. The third kappa shape index (κ3) is 5.16. The quantitative estimate of drug-likeness (QED) is 0.357. The van der Waals surface area contributed by atoms with Gasteiger partial charge in [-0.15, -0.1) is 0 Å². The largest absolute Gasteiger partial charge is 0.377 e. The average Bonchev–Trinajstić information content (AvgIpc) is 2.94. The molecule has 2 atom stereocenters. The molecule has 41 heavy (non-hydrogen) atoms. The maximum Gasteiger partial charge on any atom is 0.249 e. The lowest BCUT2D eigenvalue weighted by atomic mass is 9.93. The standard InChI is InChI=1S/C30H32N6O4S/c1-17-18(2)28(41(3,38)39)11-24(30(31)37)23(17)9-20-10-27-19(12-33-20)7-8-26(34-27)25-5-4-6-29(35-25)36-21-13-32-14-22(36)16-40-15-21/h4-8,10-12,21-22,32H,9,13-16H2,1-3H3,(H2,31,37)/t21-,22+. The Morgan fingerprint density at radius 3 is 2.49 bits per heavy atom. The number of rotatable bonds is 6. The van der Waals surface area contributed by atoms with E-state index < -0.39 is 15.7 Å². The molecule has 1 amide bonds. The van der Waals surface area contributed by atoms with E-state index >= 15 is 0 Å². The minimum Gasteiger partial charge on any atom is -0.377 e. The van der Waals surface area contributed by atoms with Crippen LogP contribution in [0, 0.1) is 13.8 Å². The monoisotopic (exact) mass is 572 g/mol. The van der Waals surface area contributed by atoms with Crippen LogP contribution in [0.3, 0.4) is 0 Å². The van der Waals surface area contributed by atoms with Crippen LogP contribution in [-0.4, -0.2) is 73.9 Å². The third-order valence-corrected chi connectivity index (χ3v) is 9.29. The Labute approximate surface area is 238 Å². The number of nitrogens with two attached hydrogens (primary N) is 1. The van der Waals surface area contributed by atoms with Gasteiger partial charge in [-0.05, 0) is 66.9 Å². The summed E-state index contributed by atoms with van der Waals surface area (Å²) in [6, 6.07) is 13.7. The highest BCUT2D eigenvalue weighted by Gasteiger charge is 2.35. The molecule has 6 rings (SSSR count). The highest BCUT2D eigenvalue weighted by atomic mass is 32.2. The number of hydrogen-bond donors (Lipinski definition) is 2. The van der Waals surface area contributed by atoms with E-state index in [1.54, 1.807) is 20.0 Å². The number of carbonyl (C=O) groups is 1. The summed E-state index contributed by atoms with van der Waals surface area (Å²) >= 11 is 0. The number of morpholine rings is 1. The zero-order valence-corrected chi connectivity index (χ0v) is 24.0. The van der Waals surface area contributed by atoms with Crippen molar-refractivity contribution in [2.24, 2.45) is 5.73 Å². The van der Waals surface area contributed by atoms with Gasteiger partial charge < -0.3 is 20.7 Å². The van der Waals surface area contributed by atoms with Crippen molar-refractivity contribution >= 4 is 32.5 Å². The molecule has 2 saturated heterocycles. The molecule has 2 fully saturated rings. The van der Waals surface area contributed by atoms with Crippen LogP contribution in [0.25, 0.3) is 22.3 Å². The molecule has 0 aliphatic carbocycles. The number of nitrogens with zero attached hydrogens (tertiary/aromatic N) is 4. The molecule has 11 heteroatoms. The summed E-state index contributed by atoms with van der Waals surface area (Å²) in [4.78, 5) is 29.3. The van der Waals surface area contributed by atoms with Crippen LogP contribution in [0.5, 0.6) is 0 Å². The fourth-order valence-electron chi connectivity index (χ4n) is 5.86. The fourth-order valence-corrected chi connectivity index (χ4v) is 6.91. The number of pyridine rings is 3. The molecule has 2 bridgehead atoms. The first-order valence-corrected chi connectivity index (χ1v) is 15.4. The molecule has 2 aliphatic heterocycles. The number of piperazine rings is 1. The van der Waals surface area contributed by atoms with Gasteiger partial charge in [-0.1, -0.05) is 6.07 Å². The maximum absolute atomic E-state index is 12.3. The Bertz CT molecular complexity index is 1770. The smallest absolute Gasteiger partial charge is 0.249 e. The van der Waals surface area contributed by atoms with Gasteiger partial charge in [-0.3, -0.25) is 9.78 Å². The van der Waals surface area contributed by atoms with Gasteiger partial charge in [0.25, 0.3) is 0 Å². The van der Waals surface area contributed by atoms with Gasteiger partial charge in [0, 0.05) is 48.6 Å². The van der Waals surface area contributed by atoms with Crippen molar-refractivity contribution in [3.8, 4) is 11.4 Å². The second kappa shape index (κ2) is 10.5. The van der Waals surface area contributed by atoms with Crippen molar-refractivity contribution in [3.05, 3.63) is 76.6 Å². The van der Waals surface area contributed by atoms with E-state index in [4.69, 9.17) is 20.4 Å². The fraction of sp³-hybridized carbons (Fsp3) is 0.333. The highest BCUT2D eigenvalue weighted by Crippen LogP contribution is 2.30. The highest BCUT2D eigenvalue weighted by molar-refractivity contribution is 7.90. The van der Waals surface area contributed by atoms with Crippen LogP contribution >= 0.6 is 0 Å². The Morgan fingerprint density at radius 2 is 1.78 bits per heavy atom. The molecule has 3 N–H and O–H groups in total. The molecule has 3 aromatic heterocycles. The summed E-state index contributed by atoms with van der Waals surface area (Å²) in [6.07, 6.45) is 3.18. The summed E-state index contributed by atoms with van der Waals surface area (Å²) in [6.45, 7) is 6.61. The molecule has 0 spiro atoms. The molecule has 0 unspecified atom stereocenters. The van der Waals surface area contributed by atoms with Crippen molar-refractivity contribution in [3.63, 3.8) is 0 Å². The number of hydrogen-bond acceptors (Lipinski definition) is 9. The molecule has 4 aromatic rings. The molecule has 1 aromatic carbocycles. The summed E-state index contributed by atoms with van der Waals surface area (Å²) in [5.74, 6) is 0.238. The third-order valence-electron chi connectivity index (χ3n) is 8.07. The van der Waals surface area contributed by atoms with E-state index in [2.05, 4.69) is 15.2 Å². The number of nitrogens with one attached hydrogen (secondary N) is 1. The zero-order chi connectivity index (χ0) is 28.9. The van der Waals surface area contributed by atoms with Gasteiger partial charge >= 0.3 is 0 Å². The second-order valence-corrected chi connectivity index (χ2v) is 12.8. The average molecular weight is 573 g/mol. The Kier molecular flexibility index (Phi) is 6.96. The lowest BCUT2D eigenvalue weighted by Crippen LogP contribution is -2.64. The van der Waals surface area contributed by atoms with Gasteiger partial charge in [-0.2, -0.15) is 0 Å². The van der Waals surface area contributed by atoms with Crippen LogP contribution in [0.1, 0.15) is 32.7 Å². The number of carbonyl (C=O) groups excluding carboxylic acids is 1. The lowest BCUT2D eigenvalue weighted by Gasteiger charge is -2.46. The minimum atomic E-state index is -3.53. The van der Waals surface area contributed by atoms with Crippen LogP contribution in [-0.2, 0) is 21.0 Å². The molecule has 0 saturated carbocycles. The number of ether oxygens (including phenoxy) is 1. The first kappa shape index (κ1) is 27.3. The van der Waals surface area contributed by atoms with Crippen molar-refractivity contribution in [1.29, 1.82) is 0 Å². The number of fused-ring (bicyclic) bond motifs is 3. The van der Waals surface area contributed by atoms with Crippen LogP contribution in [0.4, 0.5) is 5.82 Å². The van der Waals surface area contributed by atoms with Crippen molar-refractivity contribution in [2.45, 2.75) is 37.2 Å². The van der Waals surface area contributed by atoms with Crippen molar-refractivity contribution in [2.75, 3.05) is 37.5 Å². The molecule has 212 valence electrons. The van der Waals surface area contributed by atoms with E-state index in [0.29, 0.717) is 42.0 Å². The number of primary amides is 1. The topological polar surface area (TPSA) is 140 Å². The van der Waals surface area contributed by atoms with E-state index in [9.17, 15) is 13.2 Å². The predicted octanol–water partition coefficient (Wildman–Crippen LogP) is 2.58. The predicted molar refractivity (Wildman–Crippen MR) is 157 cm³/mol. The zero-order valence-electron chi connectivity index (χ0n) is 23.2. The van der Waals surface area contributed by atoms with Gasteiger partial charge in [0.05, 0.1) is 47.1 Å². The Morgan fingerprint density at radius 1 is 1.05 bits per heavy atom. The van der Waals surface area contributed by atoms with E-state index in [-0.39, 0.29) is 22.5 Å². The van der Waals surface area contributed by atoms with E-state index in [0.717, 1.165) is 47.5 Å². The summed E-state index contributed by atoms with van der Waals surface area (Å²) in [5.41, 5.74) is 10.8. The van der Waals surface area contributed by atoms with E-state index in [1.807, 2.05) is 36.4 Å². The van der Waals surface area contributed by atoms with Crippen molar-refractivity contribution < 1.29 is 17.9 Å². The molecule has 0 radical (unpaired) electrons. The normalized spacial score (nSPS) is 19.0. The summed E-state index contributed by atoms with van der Waals surface area (Å²) < 4.78 is 30.4. The first-order chi connectivity index (χ1) is 19.6. The van der Waals surface area contributed by atoms with Gasteiger partial charge in [0.2, 0.25) is 5.91 Å². The van der Waals surface area contributed by atoms with Crippen LogP contribution < -0.4 is 16.0 Å². The summed E-state index contributed by atoms with van der Waals surface area (Å²) in [7, 11) is -3.53. The van der Waals surface area contributed by atoms with Crippen molar-refractivity contribution in [1.82, 2.24) is 20.3 Å². The number of benzene rings is 1. The SMILES string of the molecule is Cc1c(S(C)(=O)=O)cc(C(N)=O)c(Cc2cc3nc(-c4cccc(N5[C@@H]6CNC[C@H]5COC6)n4)ccc3cn2)c1C. The van der Waals surface area contributed by atoms with Gasteiger partial charge in [0.1, 0.15) is 5.82 Å². The number of sulfone groups is 1. The van der Waals surface area contributed by atoms with E-state index in [1.165, 1.54) is 6.07 Å². The lowest BCUT2D eigenvalue weighted by molar-refractivity contribution is 0.0523. The molecule has 10 nitrogen and oxygen atoms in total. The Balaban J connectivity index is 1.35. The number of amides is 1. The summed E-state index contributed by atoms with van der Waals surface area (Å²) in [5, 5.41) is 4.35. The van der Waals surface area contributed by atoms with Crippen LogP contribution in [0.15, 0.2) is 53.6 Å². The van der Waals surface area contributed by atoms with Gasteiger partial charge in [-0.25, -0.2) is 18.4 Å². The number of anilines is 1. The van der Waals surface area contributed by atoms with Gasteiger partial charge in [0.15, 0.2) is 9.84 Å². The molecular formula is C30H32N6O4S. The first-order valence-electron chi connectivity index (χ1n) is 13.5.